The van der Waals surface area contributed by atoms with E-state index in [0.717, 1.165) is 44.4 Å². The van der Waals surface area contributed by atoms with Crippen molar-refractivity contribution in [3.63, 3.8) is 0 Å². The minimum atomic E-state index is 0. The molecule has 1 aliphatic rings. The predicted molar refractivity (Wildman–Crippen MR) is 138 cm³/mol. The zero-order chi connectivity index (χ0) is 21.3. The highest BCUT2D eigenvalue weighted by Gasteiger charge is 2.25. The van der Waals surface area contributed by atoms with Gasteiger partial charge in [0.1, 0.15) is 5.76 Å². The Labute approximate surface area is 207 Å². The molecule has 3 heterocycles. The maximum Gasteiger partial charge on any atom is 0.191 e. The predicted octanol–water partition coefficient (Wildman–Crippen LogP) is 4.03. The topological polar surface area (TPSA) is 70.6 Å². The summed E-state index contributed by atoms with van der Waals surface area (Å²) in [5.74, 6) is 1.85. The lowest BCUT2D eigenvalue weighted by atomic mass is 10.1. The highest BCUT2D eigenvalue weighted by atomic mass is 127. The molecule has 1 aromatic carbocycles. The first kappa shape index (κ1) is 24.3. The summed E-state index contributed by atoms with van der Waals surface area (Å²) in [6.45, 7) is 7.38. The first-order valence-corrected chi connectivity index (χ1v) is 11.1. The molecule has 0 spiro atoms. The van der Waals surface area contributed by atoms with Crippen molar-refractivity contribution in [2.24, 2.45) is 4.99 Å². The van der Waals surface area contributed by atoms with Crippen LogP contribution < -0.4 is 10.6 Å². The van der Waals surface area contributed by atoms with Crippen molar-refractivity contribution >= 4 is 29.9 Å². The largest absolute Gasteiger partial charge is 0.468 e. The van der Waals surface area contributed by atoms with E-state index in [2.05, 4.69) is 62.3 Å². The van der Waals surface area contributed by atoms with Crippen LogP contribution in [0.3, 0.4) is 0 Å². The van der Waals surface area contributed by atoms with Crippen molar-refractivity contribution < 1.29 is 4.42 Å². The summed E-state index contributed by atoms with van der Waals surface area (Å²) in [5.41, 5.74) is 2.44. The normalized spacial score (nSPS) is 15.3. The van der Waals surface area contributed by atoms with Crippen molar-refractivity contribution in [2.75, 3.05) is 26.2 Å². The minimum Gasteiger partial charge on any atom is -0.468 e. The van der Waals surface area contributed by atoms with Gasteiger partial charge in [-0.05, 0) is 56.1 Å². The highest BCUT2D eigenvalue weighted by molar-refractivity contribution is 14.0. The molecule has 0 saturated carbocycles. The number of hydrogen-bond donors (Lipinski definition) is 2. The van der Waals surface area contributed by atoms with E-state index in [1.807, 2.05) is 18.6 Å². The fourth-order valence-corrected chi connectivity index (χ4v) is 3.99. The molecule has 1 aliphatic heterocycles. The van der Waals surface area contributed by atoms with Gasteiger partial charge in [0.25, 0.3) is 0 Å². The molecule has 8 heteroatoms. The number of aromatic nitrogens is 2. The Morgan fingerprint density at radius 2 is 1.91 bits per heavy atom. The van der Waals surface area contributed by atoms with Crippen LogP contribution in [0.4, 0.5) is 0 Å². The van der Waals surface area contributed by atoms with Crippen molar-refractivity contribution in [2.45, 2.75) is 38.9 Å². The second-order valence-electron chi connectivity index (χ2n) is 7.90. The lowest BCUT2D eigenvalue weighted by molar-refractivity contribution is 0.215. The molecule has 0 radical (unpaired) electrons. The van der Waals surface area contributed by atoms with E-state index in [9.17, 15) is 0 Å². The molecule has 3 aromatic rings. The Morgan fingerprint density at radius 1 is 1.12 bits per heavy atom. The number of nitrogens with zero attached hydrogens (tertiary/aromatic N) is 4. The minimum absolute atomic E-state index is 0. The Hall–Kier alpha value is -2.33. The molecule has 7 nitrogen and oxygen atoms in total. The lowest BCUT2D eigenvalue weighted by Crippen LogP contribution is -2.42. The van der Waals surface area contributed by atoms with Gasteiger partial charge in [0.05, 0.1) is 25.2 Å². The molecular formula is C24H33IN6O. The average molecular weight is 548 g/mol. The first-order valence-electron chi connectivity index (χ1n) is 11.1. The van der Waals surface area contributed by atoms with Gasteiger partial charge < -0.3 is 19.6 Å². The molecular weight excluding hydrogens is 515 g/mol. The number of rotatable bonds is 9. The Bertz CT molecular complexity index is 918. The molecule has 172 valence electrons. The zero-order valence-corrected chi connectivity index (χ0v) is 20.9. The molecule has 1 unspecified atom stereocenters. The second-order valence-corrected chi connectivity index (χ2v) is 7.90. The summed E-state index contributed by atoms with van der Waals surface area (Å²) in [4.78, 5) is 11.4. The maximum absolute atomic E-state index is 5.73. The van der Waals surface area contributed by atoms with Gasteiger partial charge in [-0.25, -0.2) is 9.98 Å². The third-order valence-corrected chi connectivity index (χ3v) is 5.63. The SMILES string of the molecule is CCNC(=NCc1ccc(Cn2ccnc2)cc1)NCC(c1ccco1)N1CCCC1.I. The van der Waals surface area contributed by atoms with Gasteiger partial charge in [0.2, 0.25) is 0 Å². The molecule has 1 fully saturated rings. The fraction of sp³-hybridized carbons (Fsp3) is 0.417. The van der Waals surface area contributed by atoms with Crippen LogP contribution in [0.15, 0.2) is 70.8 Å². The fourth-order valence-electron chi connectivity index (χ4n) is 3.99. The third kappa shape index (κ3) is 6.83. The van der Waals surface area contributed by atoms with E-state index in [1.165, 1.54) is 24.0 Å². The van der Waals surface area contributed by atoms with Gasteiger partial charge in [-0.15, -0.1) is 24.0 Å². The van der Waals surface area contributed by atoms with E-state index < -0.39 is 0 Å². The van der Waals surface area contributed by atoms with E-state index >= 15 is 0 Å². The number of guanidine groups is 1. The molecule has 0 bridgehead atoms. The number of benzene rings is 1. The van der Waals surface area contributed by atoms with Gasteiger partial charge >= 0.3 is 0 Å². The van der Waals surface area contributed by atoms with Gasteiger partial charge in [-0.3, -0.25) is 4.90 Å². The molecule has 4 rings (SSSR count). The van der Waals surface area contributed by atoms with Crippen LogP contribution >= 0.6 is 24.0 Å². The number of hydrogen-bond acceptors (Lipinski definition) is 4. The second kappa shape index (κ2) is 12.6. The lowest BCUT2D eigenvalue weighted by Gasteiger charge is -2.26. The van der Waals surface area contributed by atoms with Crippen LogP contribution in [-0.2, 0) is 13.1 Å². The smallest absolute Gasteiger partial charge is 0.191 e. The molecule has 0 amide bonds. The van der Waals surface area contributed by atoms with Crippen LogP contribution in [-0.4, -0.2) is 46.6 Å². The quantitative estimate of drug-likeness (QED) is 0.240. The first-order chi connectivity index (χ1) is 15.3. The summed E-state index contributed by atoms with van der Waals surface area (Å²) in [6.07, 6.45) is 9.88. The van der Waals surface area contributed by atoms with E-state index in [0.29, 0.717) is 6.54 Å². The molecule has 32 heavy (non-hydrogen) atoms. The number of furan rings is 1. The van der Waals surface area contributed by atoms with Crippen molar-refractivity contribution in [1.82, 2.24) is 25.1 Å². The number of likely N-dealkylation sites (tertiary alicyclic amines) is 1. The summed E-state index contributed by atoms with van der Waals surface area (Å²) >= 11 is 0. The van der Waals surface area contributed by atoms with Crippen molar-refractivity contribution in [3.8, 4) is 0 Å². The standard InChI is InChI=1S/C24H32N6O.HI/c1-2-26-24(28-17-22(23-6-5-15-31-23)30-12-3-4-13-30)27-16-20-7-9-21(10-8-20)18-29-14-11-25-19-29;/h5-11,14-15,19,22H,2-4,12-13,16-18H2,1H3,(H2,26,27,28);1H. The monoisotopic (exact) mass is 548 g/mol. The van der Waals surface area contributed by atoms with Gasteiger partial charge in [0, 0.05) is 32.0 Å². The average Bonchev–Trinajstić information content (AvgIpc) is 3.57. The van der Waals surface area contributed by atoms with Crippen LogP contribution in [0.2, 0.25) is 0 Å². The molecule has 1 saturated heterocycles. The van der Waals surface area contributed by atoms with Crippen LogP contribution in [0.5, 0.6) is 0 Å². The third-order valence-electron chi connectivity index (χ3n) is 5.63. The van der Waals surface area contributed by atoms with Crippen molar-refractivity contribution in [3.05, 3.63) is 78.3 Å². The number of imidazole rings is 1. The van der Waals surface area contributed by atoms with Gasteiger partial charge in [-0.2, -0.15) is 0 Å². The van der Waals surface area contributed by atoms with Gasteiger partial charge in [0.15, 0.2) is 5.96 Å². The van der Waals surface area contributed by atoms with Crippen LogP contribution in [0.25, 0.3) is 0 Å². The number of nitrogens with one attached hydrogen (secondary N) is 2. The highest BCUT2D eigenvalue weighted by Crippen LogP contribution is 2.24. The van der Waals surface area contributed by atoms with Crippen molar-refractivity contribution in [1.29, 1.82) is 0 Å². The molecule has 0 aliphatic carbocycles. The summed E-state index contributed by atoms with van der Waals surface area (Å²) in [6, 6.07) is 12.9. The van der Waals surface area contributed by atoms with E-state index in [1.54, 1.807) is 12.5 Å². The van der Waals surface area contributed by atoms with Crippen LogP contribution in [0.1, 0.15) is 42.7 Å². The Balaban J connectivity index is 0.00000289. The molecule has 1 atom stereocenters. The summed E-state index contributed by atoms with van der Waals surface area (Å²) in [7, 11) is 0. The van der Waals surface area contributed by atoms with Gasteiger partial charge in [-0.1, -0.05) is 24.3 Å². The summed E-state index contributed by atoms with van der Waals surface area (Å²) in [5, 5.41) is 6.89. The maximum atomic E-state index is 5.73. The Kier molecular flexibility index (Phi) is 9.61. The summed E-state index contributed by atoms with van der Waals surface area (Å²) < 4.78 is 7.80. The molecule has 2 N–H and O–H groups in total. The van der Waals surface area contributed by atoms with E-state index in [-0.39, 0.29) is 30.0 Å². The number of halogens is 1. The Morgan fingerprint density at radius 3 is 2.56 bits per heavy atom. The molecule has 2 aromatic heterocycles. The van der Waals surface area contributed by atoms with Crippen LogP contribution in [0, 0.1) is 0 Å². The zero-order valence-electron chi connectivity index (χ0n) is 18.6. The van der Waals surface area contributed by atoms with E-state index in [4.69, 9.17) is 9.41 Å². The number of aliphatic imine (C=N–C) groups is 1.